The predicted octanol–water partition coefficient (Wildman–Crippen LogP) is 3.18. The van der Waals surface area contributed by atoms with E-state index in [0.717, 1.165) is 63.6 Å². The van der Waals surface area contributed by atoms with Crippen molar-refractivity contribution in [3.05, 3.63) is 35.6 Å². The highest BCUT2D eigenvalue weighted by Gasteiger charge is 2.29. The summed E-state index contributed by atoms with van der Waals surface area (Å²) in [5, 5.41) is 3.34. The highest BCUT2D eigenvalue weighted by Crippen LogP contribution is 2.26. The lowest BCUT2D eigenvalue weighted by molar-refractivity contribution is -0.137. The number of nitrogens with zero attached hydrogens (tertiary/aromatic N) is 4. The van der Waals surface area contributed by atoms with Gasteiger partial charge in [-0.15, -0.1) is 24.0 Å². The molecule has 1 amide bonds. The Morgan fingerprint density at radius 1 is 1.16 bits per heavy atom. The molecule has 1 saturated carbocycles. The first kappa shape index (κ1) is 25.8. The van der Waals surface area contributed by atoms with E-state index in [2.05, 4.69) is 26.9 Å². The van der Waals surface area contributed by atoms with Gasteiger partial charge in [-0.25, -0.2) is 4.39 Å². The smallest absolute Gasteiger partial charge is 0.225 e. The molecule has 3 rings (SSSR count). The molecule has 0 unspecified atom stereocenters. The Morgan fingerprint density at radius 2 is 1.81 bits per heavy atom. The van der Waals surface area contributed by atoms with Gasteiger partial charge in [-0.1, -0.05) is 25.0 Å². The number of carbonyl (C=O) groups excluding carboxylic acids is 1. The van der Waals surface area contributed by atoms with Crippen LogP contribution in [0, 0.1) is 11.7 Å². The van der Waals surface area contributed by atoms with Gasteiger partial charge in [0.15, 0.2) is 5.96 Å². The van der Waals surface area contributed by atoms with Gasteiger partial charge in [0, 0.05) is 58.8 Å². The summed E-state index contributed by atoms with van der Waals surface area (Å²) in [5.41, 5.74) is 1.05. The number of aliphatic imine (C=N–C) groups is 1. The Balaban J connectivity index is 0.00000341. The van der Waals surface area contributed by atoms with Gasteiger partial charge in [-0.05, 0) is 37.5 Å². The van der Waals surface area contributed by atoms with E-state index in [4.69, 9.17) is 4.99 Å². The zero-order chi connectivity index (χ0) is 21.3. The molecular formula is C23H37FIN5O. The number of guanidine groups is 1. The first-order valence-electron chi connectivity index (χ1n) is 11.3. The van der Waals surface area contributed by atoms with Crippen molar-refractivity contribution >= 4 is 35.8 Å². The first-order chi connectivity index (χ1) is 14.6. The highest BCUT2D eigenvalue weighted by molar-refractivity contribution is 14.0. The van der Waals surface area contributed by atoms with Gasteiger partial charge in [-0.3, -0.25) is 14.7 Å². The molecule has 0 radical (unpaired) electrons. The quantitative estimate of drug-likeness (QED) is 0.325. The number of amides is 1. The molecule has 1 N–H and O–H groups in total. The summed E-state index contributed by atoms with van der Waals surface area (Å²) in [5.74, 6) is 1.30. The zero-order valence-corrected chi connectivity index (χ0v) is 21.2. The van der Waals surface area contributed by atoms with E-state index in [1.165, 1.54) is 25.0 Å². The van der Waals surface area contributed by atoms with Crippen LogP contribution >= 0.6 is 24.0 Å². The molecule has 8 heteroatoms. The standard InChI is InChI=1S/C23H36FN5O.HI/c1-3-25-23(27(2)18-19-8-10-21(24)11-9-19)26-12-13-28-14-16-29(17-15-28)22(30)20-6-4-5-7-20;/h8-11,20H,3-7,12-18H2,1-2H3,(H,25,26);1H. The van der Waals surface area contributed by atoms with Crippen LogP contribution in [0.3, 0.4) is 0 Å². The number of carbonyl (C=O) groups is 1. The molecule has 0 atom stereocenters. The van der Waals surface area contributed by atoms with Gasteiger partial charge < -0.3 is 15.1 Å². The van der Waals surface area contributed by atoms with Crippen LogP contribution in [-0.2, 0) is 11.3 Å². The van der Waals surface area contributed by atoms with E-state index in [1.54, 1.807) is 0 Å². The van der Waals surface area contributed by atoms with Gasteiger partial charge in [0.1, 0.15) is 5.82 Å². The van der Waals surface area contributed by atoms with Crippen molar-refractivity contribution in [1.82, 2.24) is 20.0 Å². The predicted molar refractivity (Wildman–Crippen MR) is 134 cm³/mol. The minimum atomic E-state index is -0.216. The monoisotopic (exact) mass is 545 g/mol. The lowest BCUT2D eigenvalue weighted by Gasteiger charge is -2.35. The lowest BCUT2D eigenvalue weighted by atomic mass is 10.1. The number of hydrogen-bond donors (Lipinski definition) is 1. The summed E-state index contributed by atoms with van der Waals surface area (Å²) in [6.45, 7) is 8.67. The zero-order valence-electron chi connectivity index (χ0n) is 18.9. The van der Waals surface area contributed by atoms with Crippen molar-refractivity contribution in [2.45, 2.75) is 39.2 Å². The van der Waals surface area contributed by atoms with Gasteiger partial charge in [0.25, 0.3) is 0 Å². The van der Waals surface area contributed by atoms with Crippen LogP contribution in [0.15, 0.2) is 29.3 Å². The number of halogens is 2. The Labute approximate surface area is 203 Å². The van der Waals surface area contributed by atoms with Gasteiger partial charge in [0.2, 0.25) is 5.91 Å². The largest absolute Gasteiger partial charge is 0.357 e. The fourth-order valence-corrected chi connectivity index (χ4v) is 4.33. The van der Waals surface area contributed by atoms with Crippen LogP contribution in [0.1, 0.15) is 38.2 Å². The average molecular weight is 545 g/mol. The molecular weight excluding hydrogens is 508 g/mol. The second kappa shape index (κ2) is 13.2. The van der Waals surface area contributed by atoms with E-state index in [9.17, 15) is 9.18 Å². The second-order valence-electron chi connectivity index (χ2n) is 8.37. The van der Waals surface area contributed by atoms with Crippen LogP contribution in [0.25, 0.3) is 0 Å². The molecule has 6 nitrogen and oxygen atoms in total. The lowest BCUT2D eigenvalue weighted by Crippen LogP contribution is -2.50. The highest BCUT2D eigenvalue weighted by atomic mass is 127. The van der Waals surface area contributed by atoms with Gasteiger partial charge >= 0.3 is 0 Å². The first-order valence-corrected chi connectivity index (χ1v) is 11.3. The summed E-state index contributed by atoms with van der Waals surface area (Å²) in [7, 11) is 2.00. The fraction of sp³-hybridized carbons (Fsp3) is 0.652. The molecule has 2 aliphatic rings. The van der Waals surface area contributed by atoms with E-state index in [0.29, 0.717) is 19.0 Å². The van der Waals surface area contributed by atoms with E-state index >= 15 is 0 Å². The van der Waals surface area contributed by atoms with Gasteiger partial charge in [-0.2, -0.15) is 0 Å². The van der Waals surface area contributed by atoms with E-state index in [1.807, 2.05) is 19.2 Å². The molecule has 1 aliphatic heterocycles. The SMILES string of the molecule is CCNC(=NCCN1CCN(C(=O)C2CCCC2)CC1)N(C)Cc1ccc(F)cc1.I. The molecule has 1 saturated heterocycles. The molecule has 31 heavy (non-hydrogen) atoms. The van der Waals surface area contributed by atoms with Crippen molar-refractivity contribution in [3.63, 3.8) is 0 Å². The number of rotatable bonds is 7. The van der Waals surface area contributed by atoms with E-state index < -0.39 is 0 Å². The topological polar surface area (TPSA) is 51.2 Å². The third-order valence-corrected chi connectivity index (χ3v) is 6.10. The van der Waals surface area contributed by atoms with Crippen molar-refractivity contribution in [3.8, 4) is 0 Å². The number of benzene rings is 1. The van der Waals surface area contributed by atoms with Crippen molar-refractivity contribution < 1.29 is 9.18 Å². The Morgan fingerprint density at radius 3 is 2.42 bits per heavy atom. The minimum absolute atomic E-state index is 0. The average Bonchev–Trinajstić information content (AvgIpc) is 3.29. The molecule has 1 aromatic carbocycles. The third-order valence-electron chi connectivity index (χ3n) is 6.10. The van der Waals surface area contributed by atoms with E-state index in [-0.39, 0.29) is 35.7 Å². The molecule has 0 spiro atoms. The molecule has 1 aliphatic carbocycles. The maximum atomic E-state index is 13.1. The van der Waals surface area contributed by atoms with Crippen LogP contribution in [0.5, 0.6) is 0 Å². The molecule has 0 bridgehead atoms. The third kappa shape index (κ3) is 7.89. The molecule has 174 valence electrons. The molecule has 2 fully saturated rings. The summed E-state index contributed by atoms with van der Waals surface area (Å²) >= 11 is 0. The van der Waals surface area contributed by atoms with Crippen LogP contribution < -0.4 is 5.32 Å². The molecule has 0 aromatic heterocycles. The summed E-state index contributed by atoms with van der Waals surface area (Å²) in [6.07, 6.45) is 4.56. The number of piperazine rings is 1. The number of nitrogens with one attached hydrogen (secondary N) is 1. The van der Waals surface area contributed by atoms with Crippen LogP contribution in [0.4, 0.5) is 4.39 Å². The normalized spacial score (nSPS) is 18.0. The Hall–Kier alpha value is -1.42. The fourth-order valence-electron chi connectivity index (χ4n) is 4.33. The van der Waals surface area contributed by atoms with Gasteiger partial charge in [0.05, 0.1) is 6.54 Å². The molecule has 1 aromatic rings. The van der Waals surface area contributed by atoms with Crippen molar-refractivity contribution in [1.29, 1.82) is 0 Å². The maximum Gasteiger partial charge on any atom is 0.225 e. The van der Waals surface area contributed by atoms with Crippen LogP contribution in [0.2, 0.25) is 0 Å². The Kier molecular flexibility index (Phi) is 11.0. The summed E-state index contributed by atoms with van der Waals surface area (Å²) < 4.78 is 13.1. The van der Waals surface area contributed by atoms with Crippen molar-refractivity contribution in [2.24, 2.45) is 10.9 Å². The number of hydrogen-bond acceptors (Lipinski definition) is 3. The summed E-state index contributed by atoms with van der Waals surface area (Å²) in [4.78, 5) is 23.9. The molecule has 1 heterocycles. The Bertz CT molecular complexity index is 700. The summed E-state index contributed by atoms with van der Waals surface area (Å²) in [6, 6.07) is 6.60. The second-order valence-corrected chi connectivity index (χ2v) is 8.37. The minimum Gasteiger partial charge on any atom is -0.357 e. The van der Waals surface area contributed by atoms with Crippen LogP contribution in [-0.4, -0.2) is 79.4 Å². The van der Waals surface area contributed by atoms with Crippen molar-refractivity contribution in [2.75, 3.05) is 52.9 Å². The maximum absolute atomic E-state index is 13.1.